The Morgan fingerprint density at radius 1 is 1.32 bits per heavy atom. The van der Waals surface area contributed by atoms with Crippen molar-refractivity contribution in [1.29, 1.82) is 0 Å². The Morgan fingerprint density at radius 2 is 2.26 bits per heavy atom. The predicted octanol–water partition coefficient (Wildman–Crippen LogP) is 2.42. The molecule has 3 rings (SSSR count). The van der Waals surface area contributed by atoms with Gasteiger partial charge in [0, 0.05) is 23.3 Å². The van der Waals surface area contributed by atoms with Crippen LogP contribution in [0.1, 0.15) is 25.7 Å². The molecular weight excluding hydrogens is 240 g/mol. The van der Waals surface area contributed by atoms with Crippen LogP contribution in [0, 0.1) is 0 Å². The van der Waals surface area contributed by atoms with Gasteiger partial charge in [-0.25, -0.2) is 0 Å². The standard InChI is InChI=1S/C14H18N4O/c15-11-4-2-6-13(8-11)17-12-5-1-3-10(7-12)14-18-16-9-19-14/h1,3,5,7,9,11,13,17H,2,4,6,8,15H2. The minimum absolute atomic E-state index is 0.324. The van der Waals surface area contributed by atoms with Gasteiger partial charge < -0.3 is 15.5 Å². The van der Waals surface area contributed by atoms with Crippen molar-refractivity contribution in [2.45, 2.75) is 37.8 Å². The second-order valence-corrected chi connectivity index (χ2v) is 5.09. The molecule has 0 aliphatic heterocycles. The van der Waals surface area contributed by atoms with E-state index >= 15 is 0 Å². The zero-order valence-electron chi connectivity index (χ0n) is 10.7. The Kier molecular flexibility index (Phi) is 3.46. The summed E-state index contributed by atoms with van der Waals surface area (Å²) < 4.78 is 5.21. The van der Waals surface area contributed by atoms with Crippen LogP contribution in [0.2, 0.25) is 0 Å². The van der Waals surface area contributed by atoms with Crippen molar-refractivity contribution in [3.05, 3.63) is 30.7 Å². The van der Waals surface area contributed by atoms with Gasteiger partial charge in [0.2, 0.25) is 12.3 Å². The summed E-state index contributed by atoms with van der Waals surface area (Å²) in [6, 6.07) is 8.83. The molecule has 1 fully saturated rings. The van der Waals surface area contributed by atoms with Gasteiger partial charge in [-0.15, -0.1) is 10.2 Å². The van der Waals surface area contributed by atoms with E-state index in [-0.39, 0.29) is 0 Å². The van der Waals surface area contributed by atoms with Gasteiger partial charge >= 0.3 is 0 Å². The van der Waals surface area contributed by atoms with Gasteiger partial charge in [-0.2, -0.15) is 0 Å². The Balaban J connectivity index is 1.73. The van der Waals surface area contributed by atoms with Crippen LogP contribution in [0.25, 0.3) is 11.5 Å². The first kappa shape index (κ1) is 12.2. The van der Waals surface area contributed by atoms with Gasteiger partial charge in [-0.3, -0.25) is 0 Å². The molecule has 2 atom stereocenters. The van der Waals surface area contributed by atoms with Gasteiger partial charge in [0.25, 0.3) is 0 Å². The maximum atomic E-state index is 6.01. The lowest BCUT2D eigenvalue weighted by Crippen LogP contribution is -2.34. The lowest BCUT2D eigenvalue weighted by molar-refractivity contribution is 0.409. The minimum atomic E-state index is 0.324. The molecule has 1 saturated carbocycles. The summed E-state index contributed by atoms with van der Waals surface area (Å²) in [5.74, 6) is 0.545. The summed E-state index contributed by atoms with van der Waals surface area (Å²) in [6.07, 6.45) is 5.89. The van der Waals surface area contributed by atoms with Gasteiger partial charge in [0.05, 0.1) is 0 Å². The van der Waals surface area contributed by atoms with Crippen molar-refractivity contribution in [2.24, 2.45) is 5.73 Å². The molecule has 0 saturated heterocycles. The zero-order valence-corrected chi connectivity index (χ0v) is 10.7. The van der Waals surface area contributed by atoms with Crippen molar-refractivity contribution in [2.75, 3.05) is 5.32 Å². The first-order valence-corrected chi connectivity index (χ1v) is 6.70. The van der Waals surface area contributed by atoms with Crippen LogP contribution >= 0.6 is 0 Å². The third kappa shape index (κ3) is 2.93. The molecule has 5 nitrogen and oxygen atoms in total. The molecule has 3 N–H and O–H groups in total. The van der Waals surface area contributed by atoms with E-state index in [2.05, 4.69) is 21.6 Å². The van der Waals surface area contributed by atoms with E-state index in [4.69, 9.17) is 10.2 Å². The summed E-state index contributed by atoms with van der Waals surface area (Å²) >= 11 is 0. The highest BCUT2D eigenvalue weighted by Crippen LogP contribution is 2.24. The van der Waals surface area contributed by atoms with E-state index in [9.17, 15) is 0 Å². The fourth-order valence-corrected chi connectivity index (χ4v) is 2.64. The molecule has 0 spiro atoms. The number of nitrogens with one attached hydrogen (secondary N) is 1. The molecule has 5 heteroatoms. The molecule has 0 radical (unpaired) electrons. The van der Waals surface area contributed by atoms with E-state index in [1.54, 1.807) is 0 Å². The van der Waals surface area contributed by atoms with Crippen LogP contribution in [0.4, 0.5) is 5.69 Å². The number of hydrogen-bond donors (Lipinski definition) is 2. The summed E-state index contributed by atoms with van der Waals surface area (Å²) in [5.41, 5.74) is 8.02. The van der Waals surface area contributed by atoms with Crippen LogP contribution in [-0.4, -0.2) is 22.3 Å². The largest absolute Gasteiger partial charge is 0.423 e. The second-order valence-electron chi connectivity index (χ2n) is 5.09. The molecule has 1 aromatic carbocycles. The van der Waals surface area contributed by atoms with E-state index in [0.29, 0.717) is 18.0 Å². The first-order chi connectivity index (χ1) is 9.31. The maximum absolute atomic E-state index is 6.01. The van der Waals surface area contributed by atoms with E-state index < -0.39 is 0 Å². The average Bonchev–Trinajstić information content (AvgIpc) is 2.93. The van der Waals surface area contributed by atoms with Crippen LogP contribution in [0.15, 0.2) is 35.1 Å². The smallest absolute Gasteiger partial charge is 0.247 e. The number of rotatable bonds is 3. The lowest BCUT2D eigenvalue weighted by Gasteiger charge is -2.28. The molecule has 1 aliphatic carbocycles. The van der Waals surface area contributed by atoms with Crippen molar-refractivity contribution < 1.29 is 4.42 Å². The molecule has 1 aromatic heterocycles. The fraction of sp³-hybridized carbons (Fsp3) is 0.429. The highest BCUT2D eigenvalue weighted by Gasteiger charge is 2.19. The maximum Gasteiger partial charge on any atom is 0.247 e. The van der Waals surface area contributed by atoms with Gasteiger partial charge in [0.15, 0.2) is 0 Å². The highest BCUT2D eigenvalue weighted by molar-refractivity contribution is 5.61. The topological polar surface area (TPSA) is 77.0 Å². The SMILES string of the molecule is NC1CCCC(Nc2cccc(-c3nnco3)c2)C1. The van der Waals surface area contributed by atoms with E-state index in [0.717, 1.165) is 24.1 Å². The van der Waals surface area contributed by atoms with Crippen molar-refractivity contribution in [3.63, 3.8) is 0 Å². The Hall–Kier alpha value is -1.88. The monoisotopic (exact) mass is 258 g/mol. The van der Waals surface area contributed by atoms with Crippen LogP contribution in [-0.2, 0) is 0 Å². The highest BCUT2D eigenvalue weighted by atomic mass is 16.4. The number of benzene rings is 1. The van der Waals surface area contributed by atoms with Crippen molar-refractivity contribution in [3.8, 4) is 11.5 Å². The molecule has 1 aliphatic rings. The van der Waals surface area contributed by atoms with Gasteiger partial charge in [-0.05, 0) is 43.9 Å². The number of nitrogens with two attached hydrogens (primary N) is 1. The Morgan fingerprint density at radius 3 is 3.05 bits per heavy atom. The van der Waals surface area contributed by atoms with Crippen LogP contribution in [0.3, 0.4) is 0 Å². The molecule has 2 unspecified atom stereocenters. The summed E-state index contributed by atoms with van der Waals surface area (Å²) in [7, 11) is 0. The Labute approximate surface area is 112 Å². The summed E-state index contributed by atoms with van der Waals surface area (Å²) in [4.78, 5) is 0. The molecule has 0 amide bonds. The minimum Gasteiger partial charge on any atom is -0.423 e. The number of anilines is 1. The average molecular weight is 258 g/mol. The zero-order chi connectivity index (χ0) is 13.1. The predicted molar refractivity (Wildman–Crippen MR) is 73.6 cm³/mol. The van der Waals surface area contributed by atoms with E-state index in [1.165, 1.54) is 19.2 Å². The molecule has 2 aromatic rings. The molecule has 100 valence electrons. The second kappa shape index (κ2) is 5.40. The van der Waals surface area contributed by atoms with E-state index in [1.807, 2.05) is 18.2 Å². The third-order valence-corrected chi connectivity index (χ3v) is 3.56. The van der Waals surface area contributed by atoms with Gasteiger partial charge in [-0.1, -0.05) is 6.07 Å². The molecule has 1 heterocycles. The first-order valence-electron chi connectivity index (χ1n) is 6.70. The fourth-order valence-electron chi connectivity index (χ4n) is 2.64. The summed E-state index contributed by atoms with van der Waals surface area (Å²) in [6.45, 7) is 0. The third-order valence-electron chi connectivity index (χ3n) is 3.56. The molecular formula is C14H18N4O. The normalized spacial score (nSPS) is 23.2. The molecule has 0 bridgehead atoms. The van der Waals surface area contributed by atoms with Gasteiger partial charge in [0.1, 0.15) is 0 Å². The number of hydrogen-bond acceptors (Lipinski definition) is 5. The van der Waals surface area contributed by atoms with Crippen molar-refractivity contribution >= 4 is 5.69 Å². The lowest BCUT2D eigenvalue weighted by atomic mass is 9.91. The number of aromatic nitrogens is 2. The van der Waals surface area contributed by atoms with Crippen LogP contribution in [0.5, 0.6) is 0 Å². The summed E-state index contributed by atoms with van der Waals surface area (Å²) in [5, 5.41) is 11.2. The van der Waals surface area contributed by atoms with Crippen LogP contribution < -0.4 is 11.1 Å². The van der Waals surface area contributed by atoms with Crippen molar-refractivity contribution in [1.82, 2.24) is 10.2 Å². The number of nitrogens with zero attached hydrogens (tertiary/aromatic N) is 2. The quantitative estimate of drug-likeness (QED) is 0.884. The molecule has 19 heavy (non-hydrogen) atoms. The Bertz CT molecular complexity index is 526.